The van der Waals surface area contributed by atoms with Crippen LogP contribution < -0.4 is 5.32 Å². The number of aromatic carboxylic acids is 1. The molecule has 6 heteroatoms. The van der Waals surface area contributed by atoms with Crippen molar-refractivity contribution in [3.05, 3.63) is 50.7 Å². The molecule has 2 rings (SSSR count). The Labute approximate surface area is 122 Å². The van der Waals surface area contributed by atoms with Crippen LogP contribution in [0.4, 0.5) is 11.5 Å². The van der Waals surface area contributed by atoms with E-state index in [-0.39, 0.29) is 16.5 Å². The van der Waals surface area contributed by atoms with Crippen LogP contribution in [0, 0.1) is 3.57 Å². The molecule has 0 spiro atoms. The van der Waals surface area contributed by atoms with Gasteiger partial charge in [-0.2, -0.15) is 0 Å². The van der Waals surface area contributed by atoms with Crippen LogP contribution >= 0.6 is 34.2 Å². The third-order valence-corrected chi connectivity index (χ3v) is 3.06. The monoisotopic (exact) mass is 374 g/mol. The highest BCUT2D eigenvalue weighted by molar-refractivity contribution is 14.1. The van der Waals surface area contributed by atoms with Crippen molar-refractivity contribution < 1.29 is 9.90 Å². The normalized spacial score (nSPS) is 10.1. The van der Waals surface area contributed by atoms with Crippen molar-refractivity contribution in [2.24, 2.45) is 0 Å². The summed E-state index contributed by atoms with van der Waals surface area (Å²) in [6.45, 7) is 0. The number of nitrogens with zero attached hydrogens (tertiary/aromatic N) is 1. The molecule has 1 aromatic carbocycles. The quantitative estimate of drug-likeness (QED) is 0.634. The first-order valence-corrected chi connectivity index (χ1v) is 6.44. The largest absolute Gasteiger partial charge is 0.478 e. The molecule has 0 atom stereocenters. The van der Waals surface area contributed by atoms with Crippen molar-refractivity contribution in [2.75, 3.05) is 5.32 Å². The predicted octanol–water partition coefficient (Wildman–Crippen LogP) is 3.78. The summed E-state index contributed by atoms with van der Waals surface area (Å²) in [5, 5.41) is 12.3. The van der Waals surface area contributed by atoms with Gasteiger partial charge in [0.2, 0.25) is 0 Å². The summed E-state index contributed by atoms with van der Waals surface area (Å²) in [6.07, 6.45) is 0. The summed E-state index contributed by atoms with van der Waals surface area (Å²) in [6, 6.07) is 10.4. The van der Waals surface area contributed by atoms with Crippen LogP contribution in [0.25, 0.3) is 0 Å². The van der Waals surface area contributed by atoms with Crippen molar-refractivity contribution >= 4 is 51.7 Å². The first kappa shape index (κ1) is 13.1. The molecule has 18 heavy (non-hydrogen) atoms. The lowest BCUT2D eigenvalue weighted by Crippen LogP contribution is -2.05. The maximum Gasteiger partial charge on any atom is 0.339 e. The Hall–Kier alpha value is -1.34. The number of anilines is 2. The zero-order valence-corrected chi connectivity index (χ0v) is 11.9. The fourth-order valence-electron chi connectivity index (χ4n) is 1.41. The van der Waals surface area contributed by atoms with E-state index in [1.54, 1.807) is 0 Å². The lowest BCUT2D eigenvalue weighted by Gasteiger charge is -2.09. The van der Waals surface area contributed by atoms with Gasteiger partial charge in [-0.25, -0.2) is 9.78 Å². The second-order valence-electron chi connectivity index (χ2n) is 3.47. The molecule has 1 aromatic heterocycles. The molecule has 4 nitrogen and oxygen atoms in total. The van der Waals surface area contributed by atoms with Gasteiger partial charge in [-0.1, -0.05) is 17.7 Å². The predicted molar refractivity (Wildman–Crippen MR) is 78.6 cm³/mol. The van der Waals surface area contributed by atoms with Gasteiger partial charge >= 0.3 is 5.97 Å². The van der Waals surface area contributed by atoms with Crippen LogP contribution in [0.2, 0.25) is 5.15 Å². The van der Waals surface area contributed by atoms with Crippen molar-refractivity contribution in [2.45, 2.75) is 0 Å². The van der Waals surface area contributed by atoms with Gasteiger partial charge in [0.1, 0.15) is 16.5 Å². The highest BCUT2D eigenvalue weighted by Gasteiger charge is 2.12. The molecule has 2 aromatic rings. The van der Waals surface area contributed by atoms with Crippen LogP contribution in [0.3, 0.4) is 0 Å². The minimum atomic E-state index is -1.05. The van der Waals surface area contributed by atoms with Crippen molar-refractivity contribution in [3.8, 4) is 0 Å². The van der Waals surface area contributed by atoms with Gasteiger partial charge in [-0.15, -0.1) is 0 Å². The number of benzene rings is 1. The second-order valence-corrected chi connectivity index (χ2v) is 5.10. The molecule has 0 amide bonds. The zero-order valence-electron chi connectivity index (χ0n) is 9.02. The van der Waals surface area contributed by atoms with E-state index in [0.717, 1.165) is 9.26 Å². The third kappa shape index (κ3) is 3.11. The molecule has 0 aliphatic heterocycles. The lowest BCUT2D eigenvalue weighted by atomic mass is 10.2. The summed E-state index contributed by atoms with van der Waals surface area (Å²) in [5.41, 5.74) is 0.845. The van der Waals surface area contributed by atoms with E-state index in [2.05, 4.69) is 32.9 Å². The number of carbonyl (C=O) groups is 1. The minimum absolute atomic E-state index is 0.0817. The van der Waals surface area contributed by atoms with Gasteiger partial charge in [-0.3, -0.25) is 0 Å². The molecule has 92 valence electrons. The molecule has 0 bridgehead atoms. The zero-order chi connectivity index (χ0) is 13.1. The number of aromatic nitrogens is 1. The molecular formula is C12H8ClIN2O2. The minimum Gasteiger partial charge on any atom is -0.478 e. The summed E-state index contributed by atoms with van der Waals surface area (Å²) in [7, 11) is 0. The van der Waals surface area contributed by atoms with E-state index in [9.17, 15) is 4.79 Å². The SMILES string of the molecule is O=C(O)c1ccc(Cl)nc1Nc1cccc(I)c1. The Kier molecular flexibility index (Phi) is 4.03. The number of hydrogen-bond acceptors (Lipinski definition) is 3. The molecule has 0 aliphatic rings. The van der Waals surface area contributed by atoms with Gasteiger partial charge in [0.05, 0.1) is 0 Å². The van der Waals surface area contributed by atoms with Crippen LogP contribution in [0.1, 0.15) is 10.4 Å². The summed E-state index contributed by atoms with van der Waals surface area (Å²) in [5.74, 6) is -0.815. The van der Waals surface area contributed by atoms with Crippen molar-refractivity contribution in [1.29, 1.82) is 0 Å². The highest BCUT2D eigenvalue weighted by atomic mass is 127. The molecule has 1 heterocycles. The van der Waals surface area contributed by atoms with Crippen LogP contribution in [0.15, 0.2) is 36.4 Å². The van der Waals surface area contributed by atoms with Gasteiger partial charge in [0.15, 0.2) is 0 Å². The highest BCUT2D eigenvalue weighted by Crippen LogP contribution is 2.22. The Bertz CT molecular complexity index is 604. The standard InChI is InChI=1S/C12H8ClIN2O2/c13-10-5-4-9(12(17)18)11(16-10)15-8-3-1-2-7(14)6-8/h1-6H,(H,15,16)(H,17,18). The first-order valence-electron chi connectivity index (χ1n) is 4.98. The van der Waals surface area contributed by atoms with Crippen LogP contribution in [-0.2, 0) is 0 Å². The second kappa shape index (κ2) is 5.53. The molecule has 0 radical (unpaired) electrons. The third-order valence-electron chi connectivity index (χ3n) is 2.18. The Morgan fingerprint density at radius 1 is 1.33 bits per heavy atom. The van der Waals surface area contributed by atoms with Gasteiger partial charge < -0.3 is 10.4 Å². The van der Waals surface area contributed by atoms with Crippen LogP contribution in [0.5, 0.6) is 0 Å². The summed E-state index contributed by atoms with van der Waals surface area (Å²) in [4.78, 5) is 15.1. The van der Waals surface area contributed by atoms with E-state index in [1.165, 1.54) is 12.1 Å². The topological polar surface area (TPSA) is 62.2 Å². The molecule has 0 saturated heterocycles. The Morgan fingerprint density at radius 3 is 2.78 bits per heavy atom. The van der Waals surface area contributed by atoms with Crippen LogP contribution in [-0.4, -0.2) is 16.1 Å². The van der Waals surface area contributed by atoms with Gasteiger partial charge in [0, 0.05) is 9.26 Å². The molecule has 0 unspecified atom stereocenters. The maximum absolute atomic E-state index is 11.1. The molecule has 0 saturated carbocycles. The lowest BCUT2D eigenvalue weighted by molar-refractivity contribution is 0.0697. The Morgan fingerprint density at radius 2 is 2.11 bits per heavy atom. The summed E-state index contributed by atoms with van der Waals surface area (Å²) >= 11 is 7.95. The average molecular weight is 375 g/mol. The van der Waals surface area contributed by atoms with Gasteiger partial charge in [-0.05, 0) is 52.9 Å². The number of rotatable bonds is 3. The van der Waals surface area contributed by atoms with Crippen molar-refractivity contribution in [1.82, 2.24) is 4.98 Å². The number of carboxylic acids is 1. The molecule has 2 N–H and O–H groups in total. The fraction of sp³-hybridized carbons (Fsp3) is 0. The van der Waals surface area contributed by atoms with E-state index < -0.39 is 5.97 Å². The molecular weight excluding hydrogens is 367 g/mol. The first-order chi connectivity index (χ1) is 8.56. The average Bonchev–Trinajstić information content (AvgIpc) is 2.28. The maximum atomic E-state index is 11.1. The fourth-order valence-corrected chi connectivity index (χ4v) is 2.10. The number of carboxylic acid groups (broad SMARTS) is 1. The smallest absolute Gasteiger partial charge is 0.339 e. The number of halogens is 2. The molecule has 0 aliphatic carbocycles. The molecule has 0 fully saturated rings. The van der Waals surface area contributed by atoms with E-state index >= 15 is 0 Å². The number of nitrogens with one attached hydrogen (secondary N) is 1. The number of pyridine rings is 1. The van der Waals surface area contributed by atoms with E-state index in [4.69, 9.17) is 16.7 Å². The number of hydrogen-bond donors (Lipinski definition) is 2. The van der Waals surface area contributed by atoms with E-state index in [0.29, 0.717) is 0 Å². The summed E-state index contributed by atoms with van der Waals surface area (Å²) < 4.78 is 1.04. The Balaban J connectivity index is 2.39. The van der Waals surface area contributed by atoms with E-state index in [1.807, 2.05) is 24.3 Å². The van der Waals surface area contributed by atoms with Gasteiger partial charge in [0.25, 0.3) is 0 Å². The van der Waals surface area contributed by atoms with Crippen molar-refractivity contribution in [3.63, 3.8) is 0 Å².